The molecule has 3 rings (SSSR count). The molecule has 2 unspecified atom stereocenters. The molecule has 0 bridgehead atoms. The number of hydrogen-bond donors (Lipinski definition) is 3. The first kappa shape index (κ1) is 22.5. The Bertz CT molecular complexity index is 888. The van der Waals surface area contributed by atoms with Gasteiger partial charge in [-0.25, -0.2) is 0 Å². The van der Waals surface area contributed by atoms with Crippen LogP contribution in [-0.4, -0.2) is 40.7 Å². The van der Waals surface area contributed by atoms with Gasteiger partial charge in [-0.3, -0.25) is 9.00 Å². The van der Waals surface area contributed by atoms with Crippen LogP contribution in [0.25, 0.3) is 0 Å². The van der Waals surface area contributed by atoms with E-state index in [1.165, 1.54) is 0 Å². The zero-order valence-electron chi connectivity index (χ0n) is 17.5. The summed E-state index contributed by atoms with van der Waals surface area (Å²) in [5, 5.41) is 15.5. The third-order valence-corrected chi connectivity index (χ3v) is 6.90. The maximum atomic E-state index is 13.3. The van der Waals surface area contributed by atoms with Crippen LogP contribution in [0.3, 0.4) is 0 Å². The van der Waals surface area contributed by atoms with Crippen molar-refractivity contribution in [1.82, 2.24) is 10.6 Å². The van der Waals surface area contributed by atoms with Gasteiger partial charge < -0.3 is 20.5 Å². The van der Waals surface area contributed by atoms with Gasteiger partial charge in [-0.15, -0.1) is 0 Å². The molecule has 0 saturated heterocycles. The Morgan fingerprint density at radius 3 is 2.73 bits per heavy atom. The maximum Gasteiger partial charge on any atom is 0.317 e. The van der Waals surface area contributed by atoms with Crippen molar-refractivity contribution in [2.75, 3.05) is 19.4 Å². The minimum absolute atomic E-state index is 0.0792. The standard InChI is InChI=1S/C23H30N2O4S/c1-3-4-10-18-15-30(28)21-11-17(13-24-14-22(26)27)20(29-2)12-19(21)23(25-18)16-8-6-5-7-9-16/h5-9,11-12,18,23-25H,3-4,10,13-15H2,1-2H3,(H,26,27)/t18?,23-,30?/m1/s1. The van der Waals surface area contributed by atoms with E-state index in [0.29, 0.717) is 18.0 Å². The molecule has 0 aromatic heterocycles. The summed E-state index contributed by atoms with van der Waals surface area (Å²) in [6.07, 6.45) is 3.16. The number of unbranched alkanes of at least 4 members (excludes halogenated alkanes) is 1. The minimum atomic E-state index is -1.16. The largest absolute Gasteiger partial charge is 0.496 e. The predicted octanol–water partition coefficient (Wildman–Crippen LogP) is 3.23. The lowest BCUT2D eigenvalue weighted by Gasteiger charge is -2.24. The first-order chi connectivity index (χ1) is 14.5. The van der Waals surface area contributed by atoms with Crippen LogP contribution in [0.4, 0.5) is 0 Å². The number of fused-ring (bicyclic) bond motifs is 1. The third-order valence-electron chi connectivity index (χ3n) is 5.35. The lowest BCUT2D eigenvalue weighted by Crippen LogP contribution is -2.35. The van der Waals surface area contributed by atoms with Crippen LogP contribution in [0.2, 0.25) is 0 Å². The molecule has 30 heavy (non-hydrogen) atoms. The summed E-state index contributed by atoms with van der Waals surface area (Å²) in [5.74, 6) is 0.308. The number of carboxylic acid groups (broad SMARTS) is 1. The molecule has 0 radical (unpaired) electrons. The van der Waals surface area contributed by atoms with Gasteiger partial charge in [0.1, 0.15) is 5.75 Å². The molecule has 1 heterocycles. The van der Waals surface area contributed by atoms with Crippen molar-refractivity contribution in [2.24, 2.45) is 0 Å². The Morgan fingerprint density at radius 2 is 2.07 bits per heavy atom. The normalized spacial score (nSPS) is 20.9. The Labute approximate surface area is 180 Å². The molecule has 0 amide bonds. The number of ether oxygens (including phenoxy) is 1. The molecule has 162 valence electrons. The number of hydrogen-bond acceptors (Lipinski definition) is 5. The molecule has 0 spiro atoms. The predicted molar refractivity (Wildman–Crippen MR) is 118 cm³/mol. The Kier molecular flexibility index (Phi) is 8.01. The monoisotopic (exact) mass is 430 g/mol. The van der Waals surface area contributed by atoms with Crippen LogP contribution in [0.15, 0.2) is 47.4 Å². The molecule has 1 aliphatic heterocycles. The van der Waals surface area contributed by atoms with Gasteiger partial charge in [0.05, 0.1) is 30.5 Å². The number of benzene rings is 2. The van der Waals surface area contributed by atoms with Gasteiger partial charge in [0.15, 0.2) is 0 Å². The van der Waals surface area contributed by atoms with Crippen molar-refractivity contribution < 1.29 is 18.8 Å². The lowest BCUT2D eigenvalue weighted by atomic mass is 9.95. The Balaban J connectivity index is 2.02. The molecule has 1 aliphatic rings. The van der Waals surface area contributed by atoms with Gasteiger partial charge in [0.25, 0.3) is 0 Å². The molecule has 3 N–H and O–H groups in total. The van der Waals surface area contributed by atoms with Crippen molar-refractivity contribution in [3.63, 3.8) is 0 Å². The third kappa shape index (κ3) is 5.47. The highest BCUT2D eigenvalue weighted by Gasteiger charge is 2.30. The summed E-state index contributed by atoms with van der Waals surface area (Å²) < 4.78 is 18.9. The van der Waals surface area contributed by atoms with E-state index in [0.717, 1.165) is 40.8 Å². The van der Waals surface area contributed by atoms with E-state index in [9.17, 15) is 9.00 Å². The smallest absolute Gasteiger partial charge is 0.317 e. The molecule has 2 aromatic carbocycles. The maximum absolute atomic E-state index is 13.3. The summed E-state index contributed by atoms with van der Waals surface area (Å²) >= 11 is 0. The van der Waals surface area contributed by atoms with Gasteiger partial charge in [0, 0.05) is 28.8 Å². The number of carbonyl (C=O) groups is 1. The van der Waals surface area contributed by atoms with E-state index in [2.05, 4.69) is 29.7 Å². The van der Waals surface area contributed by atoms with Crippen molar-refractivity contribution >= 4 is 16.8 Å². The highest BCUT2D eigenvalue weighted by molar-refractivity contribution is 7.85. The van der Waals surface area contributed by atoms with Crippen molar-refractivity contribution in [3.8, 4) is 5.75 Å². The van der Waals surface area contributed by atoms with Crippen molar-refractivity contribution in [1.29, 1.82) is 0 Å². The first-order valence-corrected chi connectivity index (χ1v) is 11.7. The van der Waals surface area contributed by atoms with E-state index in [4.69, 9.17) is 9.84 Å². The summed E-state index contributed by atoms with van der Waals surface area (Å²) in [6.45, 7) is 2.36. The summed E-state index contributed by atoms with van der Waals surface area (Å²) in [6, 6.07) is 14.1. The highest BCUT2D eigenvalue weighted by atomic mass is 32.2. The van der Waals surface area contributed by atoms with Crippen LogP contribution in [0.5, 0.6) is 5.75 Å². The summed E-state index contributed by atoms with van der Waals surface area (Å²) in [5.41, 5.74) is 2.89. The first-order valence-electron chi connectivity index (χ1n) is 10.4. The fraction of sp³-hybridized carbons (Fsp3) is 0.435. The second-order valence-electron chi connectivity index (χ2n) is 7.56. The number of rotatable bonds is 9. The molecule has 2 aromatic rings. The number of nitrogens with one attached hydrogen (secondary N) is 2. The molecule has 0 fully saturated rings. The quantitative estimate of drug-likeness (QED) is 0.566. The van der Waals surface area contributed by atoms with Gasteiger partial charge in [-0.05, 0) is 29.7 Å². The van der Waals surface area contributed by atoms with E-state index >= 15 is 0 Å². The number of carboxylic acids is 1. The second-order valence-corrected chi connectivity index (χ2v) is 9.03. The molecule has 6 nitrogen and oxygen atoms in total. The fourth-order valence-electron chi connectivity index (χ4n) is 3.86. The molecule has 3 atom stereocenters. The van der Waals surface area contributed by atoms with Crippen LogP contribution in [0.1, 0.15) is 48.9 Å². The topological polar surface area (TPSA) is 87.7 Å². The lowest BCUT2D eigenvalue weighted by molar-refractivity contribution is -0.136. The zero-order chi connectivity index (χ0) is 21.5. The van der Waals surface area contributed by atoms with E-state index < -0.39 is 16.8 Å². The summed E-state index contributed by atoms with van der Waals surface area (Å²) in [4.78, 5) is 11.6. The molecule has 0 aliphatic carbocycles. The van der Waals surface area contributed by atoms with Gasteiger partial charge in [-0.1, -0.05) is 50.1 Å². The molecule has 7 heteroatoms. The Hall–Kier alpha value is -2.22. The van der Waals surface area contributed by atoms with Gasteiger partial charge in [-0.2, -0.15) is 0 Å². The van der Waals surface area contributed by atoms with E-state index in [1.807, 2.05) is 30.3 Å². The van der Waals surface area contributed by atoms with Crippen LogP contribution in [0, 0.1) is 0 Å². The fourth-order valence-corrected chi connectivity index (χ4v) is 5.38. The van der Waals surface area contributed by atoms with E-state index in [1.54, 1.807) is 7.11 Å². The minimum Gasteiger partial charge on any atom is -0.496 e. The van der Waals surface area contributed by atoms with Crippen LogP contribution >= 0.6 is 0 Å². The second kappa shape index (κ2) is 10.7. The number of aliphatic carboxylic acids is 1. The average molecular weight is 431 g/mol. The Morgan fingerprint density at radius 1 is 1.30 bits per heavy atom. The van der Waals surface area contributed by atoms with Crippen LogP contribution in [-0.2, 0) is 22.1 Å². The summed E-state index contributed by atoms with van der Waals surface area (Å²) in [7, 11) is 0.445. The molecular weight excluding hydrogens is 400 g/mol. The SMILES string of the molecule is CCCCC1CS(=O)c2cc(CNCC(=O)O)c(OC)cc2[C@@H](c2ccccc2)N1. The van der Waals surface area contributed by atoms with Crippen LogP contribution < -0.4 is 15.4 Å². The molecular formula is C23H30N2O4S. The average Bonchev–Trinajstić information content (AvgIpc) is 2.88. The molecule has 0 saturated carbocycles. The zero-order valence-corrected chi connectivity index (χ0v) is 18.3. The van der Waals surface area contributed by atoms with Gasteiger partial charge in [0.2, 0.25) is 0 Å². The van der Waals surface area contributed by atoms with Gasteiger partial charge >= 0.3 is 5.97 Å². The number of methoxy groups -OCH3 is 1. The highest BCUT2D eigenvalue weighted by Crippen LogP contribution is 2.36. The van der Waals surface area contributed by atoms with Crippen molar-refractivity contribution in [3.05, 3.63) is 59.2 Å². The van der Waals surface area contributed by atoms with E-state index in [-0.39, 0.29) is 18.6 Å². The van der Waals surface area contributed by atoms with Crippen molar-refractivity contribution in [2.45, 2.75) is 49.7 Å².